The first kappa shape index (κ1) is 18.2. The van der Waals surface area contributed by atoms with Crippen LogP contribution in [0, 0.1) is 13.8 Å². The van der Waals surface area contributed by atoms with Gasteiger partial charge in [0.25, 0.3) is 11.8 Å². The summed E-state index contributed by atoms with van der Waals surface area (Å²) < 4.78 is 2.08. The molecule has 1 saturated heterocycles. The van der Waals surface area contributed by atoms with Crippen molar-refractivity contribution in [3.63, 3.8) is 0 Å². The van der Waals surface area contributed by atoms with E-state index in [0.29, 0.717) is 0 Å². The molecule has 0 unspecified atom stereocenters. The Morgan fingerprint density at radius 2 is 1.71 bits per heavy atom. The number of barbiturate groups is 1. The van der Waals surface area contributed by atoms with Crippen molar-refractivity contribution in [2.24, 2.45) is 0 Å². The number of hydrogen-bond donors (Lipinski definition) is 1. The van der Waals surface area contributed by atoms with E-state index in [1.807, 2.05) is 50.2 Å². The first-order valence-corrected chi connectivity index (χ1v) is 9.62. The predicted octanol–water partition coefficient (Wildman–Crippen LogP) is 3.50. The van der Waals surface area contributed by atoms with Crippen LogP contribution in [0.15, 0.2) is 42.0 Å². The first-order chi connectivity index (χ1) is 13.5. The van der Waals surface area contributed by atoms with Gasteiger partial charge < -0.3 is 4.57 Å². The third-order valence-electron chi connectivity index (χ3n) is 5.61. The molecule has 2 fully saturated rings. The highest BCUT2D eigenvalue weighted by Gasteiger charge is 2.40. The summed E-state index contributed by atoms with van der Waals surface area (Å²) in [5.74, 6) is -1.13. The quantitative estimate of drug-likeness (QED) is 0.657. The van der Waals surface area contributed by atoms with Crippen molar-refractivity contribution in [2.75, 3.05) is 0 Å². The summed E-state index contributed by atoms with van der Waals surface area (Å²) in [6, 6.07) is 11.1. The fraction of sp³-hybridized carbons (Fsp3) is 0.318. The molecule has 1 aliphatic heterocycles. The van der Waals surface area contributed by atoms with Crippen LogP contribution in [0.25, 0.3) is 11.8 Å². The fourth-order valence-electron chi connectivity index (χ4n) is 4.23. The van der Waals surface area contributed by atoms with Gasteiger partial charge in [-0.3, -0.25) is 19.8 Å². The summed E-state index contributed by atoms with van der Waals surface area (Å²) in [4.78, 5) is 38.9. The largest absolute Gasteiger partial charge is 0.331 e. The maximum Gasteiger partial charge on any atom is 0.331 e. The number of para-hydroxylation sites is 1. The van der Waals surface area contributed by atoms with Gasteiger partial charge in [-0.1, -0.05) is 31.0 Å². The molecule has 1 saturated carbocycles. The molecule has 0 bridgehead atoms. The fourth-order valence-corrected chi connectivity index (χ4v) is 4.23. The zero-order valence-electron chi connectivity index (χ0n) is 16.1. The van der Waals surface area contributed by atoms with Gasteiger partial charge in [-0.25, -0.2) is 4.79 Å². The van der Waals surface area contributed by atoms with E-state index >= 15 is 0 Å². The molecule has 1 aromatic heterocycles. The number of carbonyl (C=O) groups is 3. The molecule has 4 rings (SSSR count). The Balaban J connectivity index is 1.73. The molecule has 6 nitrogen and oxygen atoms in total. The Kier molecular flexibility index (Phi) is 4.63. The molecule has 1 N–H and O–H groups in total. The lowest BCUT2D eigenvalue weighted by molar-refractivity contribution is -0.131. The molecular weight excluding hydrogens is 354 g/mol. The van der Waals surface area contributed by atoms with E-state index in [9.17, 15) is 14.4 Å². The van der Waals surface area contributed by atoms with E-state index in [1.165, 1.54) is 4.90 Å². The highest BCUT2D eigenvalue weighted by Crippen LogP contribution is 2.28. The topological polar surface area (TPSA) is 71.4 Å². The highest BCUT2D eigenvalue weighted by atomic mass is 16.2. The van der Waals surface area contributed by atoms with Crippen molar-refractivity contribution in [2.45, 2.75) is 45.6 Å². The normalized spacial score (nSPS) is 19.6. The number of benzene rings is 1. The summed E-state index contributed by atoms with van der Waals surface area (Å²) >= 11 is 0. The Labute approximate surface area is 163 Å². The summed E-state index contributed by atoms with van der Waals surface area (Å²) in [6.07, 6.45) is 5.18. The molecule has 1 aliphatic carbocycles. The average molecular weight is 377 g/mol. The van der Waals surface area contributed by atoms with Crippen LogP contribution in [0.1, 0.15) is 42.6 Å². The molecule has 144 valence electrons. The first-order valence-electron chi connectivity index (χ1n) is 9.62. The minimum Gasteiger partial charge on any atom is -0.318 e. The lowest BCUT2D eigenvalue weighted by Crippen LogP contribution is -2.57. The standard InChI is InChI=1S/C22H23N3O3/c1-14-12-16(15(2)24(14)17-8-4-3-5-9-17)13-19-20(26)23-22(28)25(21(19)27)18-10-6-7-11-18/h3-5,8-9,12-13,18H,6-7,10-11H2,1-2H3,(H,23,26,28)/b19-13-. The van der Waals surface area contributed by atoms with Crippen molar-refractivity contribution >= 4 is 23.9 Å². The van der Waals surface area contributed by atoms with Crippen LogP contribution < -0.4 is 5.32 Å². The number of hydrogen-bond acceptors (Lipinski definition) is 3. The number of imide groups is 2. The summed E-state index contributed by atoms with van der Waals surface area (Å²) in [5.41, 5.74) is 3.76. The Morgan fingerprint density at radius 3 is 2.39 bits per heavy atom. The van der Waals surface area contributed by atoms with Crippen molar-refractivity contribution in [1.82, 2.24) is 14.8 Å². The van der Waals surface area contributed by atoms with E-state index in [2.05, 4.69) is 9.88 Å². The third kappa shape index (κ3) is 3.05. The lowest BCUT2D eigenvalue weighted by atomic mass is 10.1. The molecule has 0 radical (unpaired) electrons. The van der Waals surface area contributed by atoms with Crippen LogP contribution in [0.4, 0.5) is 4.79 Å². The second-order valence-electron chi connectivity index (χ2n) is 7.43. The van der Waals surface area contributed by atoms with Gasteiger partial charge in [0.1, 0.15) is 5.57 Å². The lowest BCUT2D eigenvalue weighted by Gasteiger charge is -2.31. The van der Waals surface area contributed by atoms with Crippen molar-refractivity contribution in [3.8, 4) is 5.69 Å². The monoisotopic (exact) mass is 377 g/mol. The van der Waals surface area contributed by atoms with Gasteiger partial charge in [0.05, 0.1) is 0 Å². The number of carbonyl (C=O) groups excluding carboxylic acids is 3. The van der Waals surface area contributed by atoms with E-state index in [4.69, 9.17) is 0 Å². The van der Waals surface area contributed by atoms with Gasteiger partial charge in [-0.15, -0.1) is 0 Å². The summed E-state index contributed by atoms with van der Waals surface area (Å²) in [5, 5.41) is 2.33. The second-order valence-corrected chi connectivity index (χ2v) is 7.43. The number of urea groups is 1. The maximum atomic E-state index is 13.0. The Hall–Kier alpha value is -3.15. The van der Waals surface area contributed by atoms with Crippen LogP contribution in [-0.2, 0) is 9.59 Å². The molecule has 2 aromatic rings. The summed E-state index contributed by atoms with van der Waals surface area (Å²) in [6.45, 7) is 3.94. The molecule has 0 atom stereocenters. The number of aryl methyl sites for hydroxylation is 1. The zero-order chi connectivity index (χ0) is 19.8. The van der Waals surface area contributed by atoms with Crippen LogP contribution >= 0.6 is 0 Å². The number of nitrogens with one attached hydrogen (secondary N) is 1. The van der Waals surface area contributed by atoms with E-state index < -0.39 is 17.8 Å². The van der Waals surface area contributed by atoms with E-state index in [1.54, 1.807) is 6.08 Å². The van der Waals surface area contributed by atoms with E-state index in [0.717, 1.165) is 48.3 Å². The molecular formula is C22H23N3O3. The van der Waals surface area contributed by atoms with Crippen molar-refractivity contribution in [3.05, 3.63) is 58.9 Å². The van der Waals surface area contributed by atoms with Crippen LogP contribution in [-0.4, -0.2) is 33.4 Å². The van der Waals surface area contributed by atoms with Gasteiger partial charge in [0, 0.05) is 23.1 Å². The predicted molar refractivity (Wildman–Crippen MR) is 106 cm³/mol. The Morgan fingerprint density at radius 1 is 1.04 bits per heavy atom. The van der Waals surface area contributed by atoms with E-state index in [-0.39, 0.29) is 11.6 Å². The number of nitrogens with zero attached hydrogens (tertiary/aromatic N) is 2. The molecule has 6 heteroatoms. The molecule has 28 heavy (non-hydrogen) atoms. The van der Waals surface area contributed by atoms with Crippen LogP contribution in [0.5, 0.6) is 0 Å². The number of amides is 4. The molecule has 1 aromatic carbocycles. The Bertz CT molecular complexity index is 982. The van der Waals surface area contributed by atoms with Gasteiger partial charge in [0.15, 0.2) is 0 Å². The number of rotatable bonds is 3. The van der Waals surface area contributed by atoms with Gasteiger partial charge in [0.2, 0.25) is 0 Å². The zero-order valence-corrected chi connectivity index (χ0v) is 16.1. The molecule has 2 aliphatic rings. The molecule has 2 heterocycles. The average Bonchev–Trinajstić information content (AvgIpc) is 3.28. The minimum atomic E-state index is -0.631. The molecule has 4 amide bonds. The maximum absolute atomic E-state index is 13.0. The van der Waals surface area contributed by atoms with Crippen molar-refractivity contribution < 1.29 is 14.4 Å². The van der Waals surface area contributed by atoms with Crippen LogP contribution in [0.3, 0.4) is 0 Å². The van der Waals surface area contributed by atoms with Gasteiger partial charge >= 0.3 is 6.03 Å². The van der Waals surface area contributed by atoms with Gasteiger partial charge in [-0.2, -0.15) is 0 Å². The highest BCUT2D eigenvalue weighted by molar-refractivity contribution is 6.31. The van der Waals surface area contributed by atoms with Crippen LogP contribution in [0.2, 0.25) is 0 Å². The SMILES string of the molecule is Cc1cc(/C=C2/C(=O)NC(=O)N(C3CCCC3)C2=O)c(C)n1-c1ccccc1. The minimum absolute atomic E-state index is 0.0137. The summed E-state index contributed by atoms with van der Waals surface area (Å²) in [7, 11) is 0. The van der Waals surface area contributed by atoms with Gasteiger partial charge in [-0.05, 0) is 56.5 Å². The third-order valence-corrected chi connectivity index (χ3v) is 5.61. The second kappa shape index (κ2) is 7.11. The smallest absolute Gasteiger partial charge is 0.318 e. The van der Waals surface area contributed by atoms with Crippen molar-refractivity contribution in [1.29, 1.82) is 0 Å². The number of aromatic nitrogens is 1. The molecule has 0 spiro atoms.